The zero-order valence-corrected chi connectivity index (χ0v) is 17.1. The van der Waals surface area contributed by atoms with Gasteiger partial charge in [-0.05, 0) is 67.4 Å². The van der Waals surface area contributed by atoms with Gasteiger partial charge in [0.2, 0.25) is 5.91 Å². The lowest BCUT2D eigenvalue weighted by Crippen LogP contribution is -2.41. The van der Waals surface area contributed by atoms with E-state index in [0.717, 1.165) is 25.1 Å². The SMILES string of the molecule is COc1ccc(NC(=O)C2CCCN(c3ccc(=O)n(-c4ccc(F)cc4)n3)C2)cc1. The van der Waals surface area contributed by atoms with Crippen molar-refractivity contribution in [3.05, 3.63) is 76.8 Å². The number of rotatable bonds is 5. The Kier molecular flexibility index (Phi) is 5.97. The van der Waals surface area contributed by atoms with Crippen LogP contribution in [0, 0.1) is 11.7 Å². The molecule has 1 atom stereocenters. The van der Waals surface area contributed by atoms with Gasteiger partial charge in [-0.25, -0.2) is 4.39 Å². The van der Waals surface area contributed by atoms with Gasteiger partial charge in [0.25, 0.3) is 5.56 Å². The number of ether oxygens (including phenoxy) is 1. The molecule has 7 nitrogen and oxygen atoms in total. The van der Waals surface area contributed by atoms with Gasteiger partial charge in [-0.2, -0.15) is 4.68 Å². The standard InChI is InChI=1S/C23H23FN4O3/c1-31-20-10-6-18(7-11-20)25-23(30)16-3-2-14-27(15-16)21-12-13-22(29)28(26-21)19-8-4-17(24)5-9-19/h4-13,16H,2-3,14-15H2,1H3,(H,25,30). The molecule has 1 fully saturated rings. The Morgan fingerprint density at radius 1 is 1.10 bits per heavy atom. The van der Waals surface area contributed by atoms with E-state index in [-0.39, 0.29) is 23.2 Å². The summed E-state index contributed by atoms with van der Waals surface area (Å²) in [6.07, 6.45) is 1.61. The molecule has 1 saturated heterocycles. The number of aromatic nitrogens is 2. The van der Waals surface area contributed by atoms with Crippen molar-refractivity contribution in [1.29, 1.82) is 0 Å². The summed E-state index contributed by atoms with van der Waals surface area (Å²) in [6, 6.07) is 15.9. The van der Waals surface area contributed by atoms with Crippen LogP contribution in [0.5, 0.6) is 5.75 Å². The number of anilines is 2. The van der Waals surface area contributed by atoms with Gasteiger partial charge in [0.15, 0.2) is 0 Å². The normalized spacial score (nSPS) is 16.1. The molecule has 160 valence electrons. The van der Waals surface area contributed by atoms with Crippen LogP contribution in [0.3, 0.4) is 0 Å². The first-order chi connectivity index (χ1) is 15.0. The van der Waals surface area contributed by atoms with Crippen molar-refractivity contribution in [2.45, 2.75) is 12.8 Å². The number of methoxy groups -OCH3 is 1. The van der Waals surface area contributed by atoms with Crippen LogP contribution < -0.4 is 20.5 Å². The Morgan fingerprint density at radius 3 is 2.55 bits per heavy atom. The number of halogens is 1. The van der Waals surface area contributed by atoms with Crippen LogP contribution in [0.4, 0.5) is 15.9 Å². The molecule has 0 bridgehead atoms. The smallest absolute Gasteiger partial charge is 0.271 e. The Labute approximate surface area is 179 Å². The highest BCUT2D eigenvalue weighted by atomic mass is 19.1. The summed E-state index contributed by atoms with van der Waals surface area (Å²) >= 11 is 0. The van der Waals surface area contributed by atoms with Crippen molar-refractivity contribution >= 4 is 17.4 Å². The molecule has 31 heavy (non-hydrogen) atoms. The highest BCUT2D eigenvalue weighted by Crippen LogP contribution is 2.23. The van der Waals surface area contributed by atoms with Gasteiger partial charge in [-0.3, -0.25) is 9.59 Å². The average Bonchev–Trinajstić information content (AvgIpc) is 2.80. The van der Waals surface area contributed by atoms with Crippen LogP contribution >= 0.6 is 0 Å². The molecule has 0 saturated carbocycles. The third kappa shape index (κ3) is 4.74. The Hall–Kier alpha value is -3.68. The second-order valence-corrected chi connectivity index (χ2v) is 7.42. The van der Waals surface area contributed by atoms with Crippen LogP contribution in [0.25, 0.3) is 5.69 Å². The average molecular weight is 422 g/mol. The first-order valence-electron chi connectivity index (χ1n) is 10.1. The van der Waals surface area contributed by atoms with E-state index in [2.05, 4.69) is 10.4 Å². The zero-order chi connectivity index (χ0) is 21.8. The molecule has 3 aromatic rings. The first kappa shape index (κ1) is 20.6. The van der Waals surface area contributed by atoms with E-state index in [0.29, 0.717) is 23.7 Å². The van der Waals surface area contributed by atoms with Gasteiger partial charge in [-0.1, -0.05) is 0 Å². The fraction of sp³-hybridized carbons (Fsp3) is 0.261. The largest absolute Gasteiger partial charge is 0.497 e. The van der Waals surface area contributed by atoms with Gasteiger partial charge in [0.1, 0.15) is 17.4 Å². The quantitative estimate of drug-likeness (QED) is 0.683. The Morgan fingerprint density at radius 2 is 1.84 bits per heavy atom. The summed E-state index contributed by atoms with van der Waals surface area (Å²) in [6.45, 7) is 1.23. The number of nitrogens with one attached hydrogen (secondary N) is 1. The number of piperidine rings is 1. The third-order valence-electron chi connectivity index (χ3n) is 5.33. The highest BCUT2D eigenvalue weighted by molar-refractivity contribution is 5.93. The predicted octanol–water partition coefficient (Wildman–Crippen LogP) is 3.24. The minimum absolute atomic E-state index is 0.0540. The van der Waals surface area contributed by atoms with Crippen molar-refractivity contribution in [2.75, 3.05) is 30.4 Å². The maximum atomic E-state index is 13.2. The van der Waals surface area contributed by atoms with Crippen molar-refractivity contribution < 1.29 is 13.9 Å². The van der Waals surface area contributed by atoms with Crippen LogP contribution in [0.1, 0.15) is 12.8 Å². The fourth-order valence-electron chi connectivity index (χ4n) is 3.66. The molecule has 2 heterocycles. The lowest BCUT2D eigenvalue weighted by Gasteiger charge is -2.32. The third-order valence-corrected chi connectivity index (χ3v) is 5.33. The number of hydrogen-bond acceptors (Lipinski definition) is 5. The second-order valence-electron chi connectivity index (χ2n) is 7.42. The van der Waals surface area contributed by atoms with Crippen LogP contribution in [-0.4, -0.2) is 35.9 Å². The van der Waals surface area contributed by atoms with E-state index in [4.69, 9.17) is 4.74 Å². The van der Waals surface area contributed by atoms with Gasteiger partial charge < -0.3 is 15.0 Å². The molecule has 4 rings (SSSR count). The first-order valence-corrected chi connectivity index (χ1v) is 10.1. The summed E-state index contributed by atoms with van der Waals surface area (Å²) in [5.41, 5.74) is 0.895. The van der Waals surface area contributed by atoms with Gasteiger partial charge >= 0.3 is 0 Å². The second kappa shape index (κ2) is 8.99. The molecule has 0 spiro atoms. The molecule has 1 unspecified atom stereocenters. The van der Waals surface area contributed by atoms with E-state index < -0.39 is 0 Å². The molecule has 8 heteroatoms. The molecule has 0 aliphatic carbocycles. The van der Waals surface area contributed by atoms with Crippen molar-refractivity contribution in [3.63, 3.8) is 0 Å². The highest BCUT2D eigenvalue weighted by Gasteiger charge is 2.27. The molecule has 1 aromatic heterocycles. The summed E-state index contributed by atoms with van der Waals surface area (Å²) in [5, 5.41) is 7.41. The van der Waals surface area contributed by atoms with Crippen LogP contribution in [-0.2, 0) is 4.79 Å². The zero-order valence-electron chi connectivity index (χ0n) is 17.1. The molecule has 1 N–H and O–H groups in total. The fourth-order valence-corrected chi connectivity index (χ4v) is 3.66. The minimum Gasteiger partial charge on any atom is -0.497 e. The van der Waals surface area contributed by atoms with Gasteiger partial charge in [0.05, 0.1) is 18.7 Å². The van der Waals surface area contributed by atoms with Crippen LogP contribution in [0.2, 0.25) is 0 Å². The molecule has 0 radical (unpaired) electrons. The Bertz CT molecular complexity index is 1110. The number of nitrogens with zero attached hydrogens (tertiary/aromatic N) is 3. The number of benzene rings is 2. The number of hydrogen-bond donors (Lipinski definition) is 1. The maximum Gasteiger partial charge on any atom is 0.271 e. The lowest BCUT2D eigenvalue weighted by molar-refractivity contribution is -0.120. The predicted molar refractivity (Wildman–Crippen MR) is 116 cm³/mol. The summed E-state index contributed by atoms with van der Waals surface area (Å²) in [4.78, 5) is 27.1. The molecule has 1 aliphatic heterocycles. The Balaban J connectivity index is 1.49. The van der Waals surface area contributed by atoms with E-state index in [1.807, 2.05) is 4.90 Å². The summed E-state index contributed by atoms with van der Waals surface area (Å²) in [7, 11) is 1.59. The molecule has 2 aromatic carbocycles. The number of amides is 1. The molecule has 1 amide bonds. The summed E-state index contributed by atoms with van der Waals surface area (Å²) < 4.78 is 19.6. The lowest BCUT2D eigenvalue weighted by atomic mass is 9.97. The van der Waals surface area contributed by atoms with E-state index in [1.165, 1.54) is 35.0 Å². The van der Waals surface area contributed by atoms with Crippen LogP contribution in [0.15, 0.2) is 65.5 Å². The van der Waals surface area contributed by atoms with Crippen molar-refractivity contribution in [3.8, 4) is 11.4 Å². The number of carbonyl (C=O) groups excluding carboxylic acids is 1. The molecular weight excluding hydrogens is 399 g/mol. The van der Waals surface area contributed by atoms with E-state index >= 15 is 0 Å². The van der Waals surface area contributed by atoms with Gasteiger partial charge in [0, 0.05) is 24.8 Å². The molecular formula is C23H23FN4O3. The summed E-state index contributed by atoms with van der Waals surface area (Å²) in [5.74, 6) is 0.690. The van der Waals surface area contributed by atoms with Crippen molar-refractivity contribution in [1.82, 2.24) is 9.78 Å². The van der Waals surface area contributed by atoms with Gasteiger partial charge in [-0.15, -0.1) is 5.10 Å². The maximum absolute atomic E-state index is 13.2. The number of carbonyl (C=O) groups is 1. The minimum atomic E-state index is -0.380. The molecule has 1 aliphatic rings. The van der Waals surface area contributed by atoms with Crippen molar-refractivity contribution in [2.24, 2.45) is 5.92 Å². The topological polar surface area (TPSA) is 76.5 Å². The monoisotopic (exact) mass is 422 g/mol. The van der Waals surface area contributed by atoms with E-state index in [9.17, 15) is 14.0 Å². The van der Waals surface area contributed by atoms with E-state index in [1.54, 1.807) is 37.4 Å².